The van der Waals surface area contributed by atoms with Gasteiger partial charge in [0.1, 0.15) is 0 Å². The predicted molar refractivity (Wildman–Crippen MR) is 174 cm³/mol. The molecule has 4 aromatic rings. The second kappa shape index (κ2) is 11.1. The molecule has 2 nitrogen and oxygen atoms in total. The minimum absolute atomic E-state index is 0. The van der Waals surface area contributed by atoms with E-state index in [-0.39, 0.29) is 24.8 Å². The van der Waals surface area contributed by atoms with Crippen LogP contribution in [0.4, 0.5) is 0 Å². The summed E-state index contributed by atoms with van der Waals surface area (Å²) in [6.45, 7) is 11.9. The van der Waals surface area contributed by atoms with Crippen molar-refractivity contribution < 1.29 is 26.2 Å². The number of hydrogen-bond acceptors (Lipinski definition) is 2. The number of halogens is 2. The van der Waals surface area contributed by atoms with Crippen LogP contribution in [0.1, 0.15) is 57.2 Å². The van der Waals surface area contributed by atoms with Crippen molar-refractivity contribution in [3.8, 4) is 22.6 Å². The molecule has 0 N–H and O–H groups in total. The number of rotatable bonds is 6. The maximum Gasteiger partial charge on any atom is -0.147 e. The molecule has 0 bridgehead atoms. The van der Waals surface area contributed by atoms with Gasteiger partial charge >= 0.3 is 231 Å². The molecule has 2 aromatic carbocycles. The standard InChI is InChI=1S/2C16H15O.2CH3.2ClH.H2Si.Zr/c2*1-11(2)13-9-12-5-3-6-14(15(12)10-13)16-7-4-8-17-16;;;;;;/h2*3-11H,1-2H3;2*1H3;2*1H;1H2;. The maximum absolute atomic E-state index is 5.90. The zero-order valence-electron chi connectivity index (χ0n) is 24.2. The molecule has 0 saturated heterocycles. The molecule has 6 heteroatoms. The van der Waals surface area contributed by atoms with Crippen molar-refractivity contribution >= 4 is 43.8 Å². The Bertz CT molecular complexity index is 1540. The average Bonchev–Trinajstić information content (AvgIpc) is 3.66. The molecule has 0 saturated carbocycles. The molecule has 0 spiro atoms. The largest absolute Gasteiger partial charge is 0.147 e. The second-order valence-electron chi connectivity index (χ2n) is 13.0. The van der Waals surface area contributed by atoms with Crippen LogP contribution in [0.2, 0.25) is 9.26 Å². The van der Waals surface area contributed by atoms with Gasteiger partial charge in [-0.1, -0.05) is 0 Å². The normalized spacial score (nSPS) is 18.1. The molecule has 40 heavy (non-hydrogen) atoms. The van der Waals surface area contributed by atoms with E-state index >= 15 is 0 Å². The third kappa shape index (κ3) is 4.83. The van der Waals surface area contributed by atoms with Gasteiger partial charge in [-0.2, -0.15) is 0 Å². The van der Waals surface area contributed by atoms with E-state index in [0.29, 0.717) is 19.1 Å². The van der Waals surface area contributed by atoms with E-state index in [1.54, 1.807) is 23.7 Å². The molecule has 2 atom stereocenters. The minimum Gasteiger partial charge on any atom is -0.147 e. The first-order valence-electron chi connectivity index (χ1n) is 13.9. The molecule has 2 aromatic heterocycles. The van der Waals surface area contributed by atoms with Crippen LogP contribution in [0.15, 0.2) is 93.2 Å². The smallest absolute Gasteiger partial charge is 0.147 e. The Balaban J connectivity index is 0.00000185. The van der Waals surface area contributed by atoms with Crippen molar-refractivity contribution in [3.05, 3.63) is 107 Å². The predicted octanol–water partition coefficient (Wildman–Crippen LogP) is 10.3. The molecule has 2 heterocycles. The molecule has 2 unspecified atom stereocenters. The molecular weight excluding hydrogens is 631 g/mol. The summed E-state index contributed by atoms with van der Waals surface area (Å²) in [6, 6.07) is 21.9. The third-order valence-electron chi connectivity index (χ3n) is 8.99. The van der Waals surface area contributed by atoms with Gasteiger partial charge in [0.05, 0.1) is 0 Å². The Labute approximate surface area is 253 Å². The Morgan fingerprint density at radius 3 is 1.35 bits per heavy atom. The van der Waals surface area contributed by atoms with Crippen LogP contribution >= 0.6 is 24.8 Å². The fraction of sp³-hybridized carbons (Fsp3) is 0.294. The molecule has 6 rings (SSSR count). The minimum atomic E-state index is -3.68. The molecule has 2 aliphatic rings. The molecule has 2 aliphatic carbocycles. The summed E-state index contributed by atoms with van der Waals surface area (Å²) >= 11 is -3.68. The van der Waals surface area contributed by atoms with Crippen molar-refractivity contribution in [1.29, 1.82) is 0 Å². The van der Waals surface area contributed by atoms with Crippen molar-refractivity contribution in [1.82, 2.24) is 0 Å². The van der Waals surface area contributed by atoms with Crippen LogP contribution in [0.3, 0.4) is 0 Å². The molecule has 210 valence electrons. The van der Waals surface area contributed by atoms with E-state index in [2.05, 4.69) is 105 Å². The molecule has 0 fully saturated rings. The summed E-state index contributed by atoms with van der Waals surface area (Å²) in [5.41, 5.74) is 11.4. The molecule has 0 amide bonds. The Morgan fingerprint density at radius 1 is 0.625 bits per heavy atom. The van der Waals surface area contributed by atoms with Crippen molar-refractivity contribution in [2.24, 2.45) is 11.8 Å². The SMILES string of the molecule is CC(C)C1=Cc2c(-c3ccco3)cccc2[CH]1[Zr]([CH3])([CH3])(=[SiH2])[CH]1C(C(C)C)=Cc2c(-c3ccco3)cccc21.Cl.Cl. The summed E-state index contributed by atoms with van der Waals surface area (Å²) in [5, 5.41) is 0. The van der Waals surface area contributed by atoms with Gasteiger partial charge in [-0.05, 0) is 0 Å². The van der Waals surface area contributed by atoms with Crippen molar-refractivity contribution in [2.45, 2.75) is 44.2 Å². The molecular formula is C34H40Cl2O2SiZr. The summed E-state index contributed by atoms with van der Waals surface area (Å²) in [5.74, 6) is 2.88. The van der Waals surface area contributed by atoms with Crippen LogP contribution < -0.4 is 0 Å². The molecule has 0 radical (unpaired) electrons. The fourth-order valence-electron chi connectivity index (χ4n) is 7.43. The quantitative estimate of drug-likeness (QED) is 0.191. The van der Waals surface area contributed by atoms with Gasteiger partial charge in [0.2, 0.25) is 0 Å². The summed E-state index contributed by atoms with van der Waals surface area (Å²) < 4.78 is 18.2. The van der Waals surface area contributed by atoms with Crippen LogP contribution in [0.25, 0.3) is 34.8 Å². The van der Waals surface area contributed by atoms with Gasteiger partial charge in [0, 0.05) is 0 Å². The number of allylic oxidation sites excluding steroid dienone is 2. The Morgan fingerprint density at radius 2 is 1.02 bits per heavy atom. The van der Waals surface area contributed by atoms with Gasteiger partial charge in [-0.15, -0.1) is 24.8 Å². The van der Waals surface area contributed by atoms with Gasteiger partial charge in [0.25, 0.3) is 0 Å². The zero-order chi connectivity index (χ0) is 26.8. The van der Waals surface area contributed by atoms with Crippen molar-refractivity contribution in [2.75, 3.05) is 0 Å². The Kier molecular flexibility index (Phi) is 8.63. The molecule has 0 aliphatic heterocycles. The van der Waals surface area contributed by atoms with Crippen molar-refractivity contribution in [3.63, 3.8) is 0 Å². The average molecular weight is 671 g/mol. The van der Waals surface area contributed by atoms with Gasteiger partial charge < -0.3 is 0 Å². The van der Waals surface area contributed by atoms with Crippen LogP contribution in [0.5, 0.6) is 0 Å². The summed E-state index contributed by atoms with van der Waals surface area (Å²) in [6.07, 6.45) is 8.60. The fourth-order valence-corrected chi connectivity index (χ4v) is 27.3. The second-order valence-corrected chi connectivity index (χ2v) is 43.4. The maximum atomic E-state index is 5.90. The van der Waals surface area contributed by atoms with E-state index in [1.807, 2.05) is 12.1 Å². The number of hydrogen-bond donors (Lipinski definition) is 0. The van der Waals surface area contributed by atoms with E-state index in [4.69, 9.17) is 8.83 Å². The van der Waals surface area contributed by atoms with Gasteiger partial charge in [-0.25, -0.2) is 0 Å². The summed E-state index contributed by atoms with van der Waals surface area (Å²) in [4.78, 5) is 0. The number of benzene rings is 2. The van der Waals surface area contributed by atoms with E-state index in [0.717, 1.165) is 11.5 Å². The first-order chi connectivity index (χ1) is 18.1. The van der Waals surface area contributed by atoms with Crippen LogP contribution in [0, 0.1) is 11.8 Å². The van der Waals surface area contributed by atoms with Crippen LogP contribution in [-0.2, 0) is 17.4 Å². The first kappa shape index (κ1) is 31.1. The topological polar surface area (TPSA) is 26.3 Å². The van der Waals surface area contributed by atoms with Crippen LogP contribution in [-0.4, -0.2) is 6.88 Å². The first-order valence-corrected chi connectivity index (χ1v) is 27.6. The monoisotopic (exact) mass is 668 g/mol. The van der Waals surface area contributed by atoms with E-state index in [1.165, 1.54) is 33.4 Å². The van der Waals surface area contributed by atoms with Gasteiger partial charge in [0.15, 0.2) is 0 Å². The third-order valence-corrected chi connectivity index (χ3v) is 26.3. The van der Waals surface area contributed by atoms with Gasteiger partial charge in [-0.3, -0.25) is 0 Å². The number of fused-ring (bicyclic) bond motifs is 2. The van der Waals surface area contributed by atoms with E-state index in [9.17, 15) is 0 Å². The van der Waals surface area contributed by atoms with E-state index < -0.39 is 17.4 Å². The zero-order valence-corrected chi connectivity index (χ0v) is 29.7. The Hall–Kier alpha value is -1.84. The number of furan rings is 2. The summed E-state index contributed by atoms with van der Waals surface area (Å²) in [7, 11) is 0.